The lowest BCUT2D eigenvalue weighted by Gasteiger charge is -2.09. The Balaban J connectivity index is 2.00. The number of halogens is 1. The predicted molar refractivity (Wildman–Crippen MR) is 95.5 cm³/mol. The van der Waals surface area contributed by atoms with Crippen LogP contribution in [-0.4, -0.2) is 6.61 Å². The maximum atomic E-state index is 14.1. The maximum absolute atomic E-state index is 14.1. The molecule has 0 N–H and O–H groups in total. The van der Waals surface area contributed by atoms with Gasteiger partial charge >= 0.3 is 0 Å². The van der Waals surface area contributed by atoms with Crippen LogP contribution in [0.15, 0.2) is 42.5 Å². The molecule has 0 aromatic heterocycles. The third-order valence-corrected chi connectivity index (χ3v) is 4.00. The van der Waals surface area contributed by atoms with E-state index < -0.39 is 0 Å². The quantitative estimate of drug-likeness (QED) is 0.486. The van der Waals surface area contributed by atoms with Gasteiger partial charge in [-0.25, -0.2) is 4.39 Å². The highest BCUT2D eigenvalue weighted by molar-refractivity contribution is 5.64. The molecule has 0 heterocycles. The minimum atomic E-state index is -0.292. The summed E-state index contributed by atoms with van der Waals surface area (Å²) >= 11 is 0. The fourth-order valence-electron chi connectivity index (χ4n) is 2.63. The summed E-state index contributed by atoms with van der Waals surface area (Å²) in [5, 5.41) is 0. The maximum Gasteiger partial charge on any atom is 0.165 e. The van der Waals surface area contributed by atoms with Gasteiger partial charge in [-0.1, -0.05) is 63.4 Å². The highest BCUT2D eigenvalue weighted by Gasteiger charge is 2.06. The van der Waals surface area contributed by atoms with Crippen molar-refractivity contribution in [2.45, 2.75) is 52.4 Å². The zero-order valence-corrected chi connectivity index (χ0v) is 14.3. The van der Waals surface area contributed by atoms with Gasteiger partial charge in [0.25, 0.3) is 0 Å². The molecule has 0 unspecified atom stereocenters. The number of hydrogen-bond acceptors (Lipinski definition) is 1. The van der Waals surface area contributed by atoms with Crippen LogP contribution in [0.1, 0.15) is 51.5 Å². The summed E-state index contributed by atoms with van der Waals surface area (Å²) in [7, 11) is 0. The standard InChI is InChI=1S/C21H27FO/c1-3-5-6-7-8-17-9-11-18(12-10-17)19-13-14-21(20(22)16-19)23-15-4-2/h9-14,16H,3-8,15H2,1-2H3. The summed E-state index contributed by atoms with van der Waals surface area (Å²) in [6.45, 7) is 4.78. The Morgan fingerprint density at radius 1 is 0.826 bits per heavy atom. The Kier molecular flexibility index (Phi) is 7.12. The van der Waals surface area contributed by atoms with Crippen molar-refractivity contribution < 1.29 is 9.13 Å². The molecular formula is C21H27FO. The highest BCUT2D eigenvalue weighted by atomic mass is 19.1. The van der Waals surface area contributed by atoms with Crippen molar-refractivity contribution in [3.05, 3.63) is 53.8 Å². The first-order valence-electron chi connectivity index (χ1n) is 8.76. The molecule has 0 saturated heterocycles. The smallest absolute Gasteiger partial charge is 0.165 e. The minimum Gasteiger partial charge on any atom is -0.491 e. The van der Waals surface area contributed by atoms with E-state index in [4.69, 9.17) is 4.74 Å². The summed E-state index contributed by atoms with van der Waals surface area (Å²) in [4.78, 5) is 0. The average molecular weight is 314 g/mol. The van der Waals surface area contributed by atoms with E-state index in [1.54, 1.807) is 12.1 Å². The van der Waals surface area contributed by atoms with E-state index in [1.807, 2.05) is 13.0 Å². The first-order chi connectivity index (χ1) is 11.2. The van der Waals surface area contributed by atoms with Crippen molar-refractivity contribution in [1.29, 1.82) is 0 Å². The van der Waals surface area contributed by atoms with Crippen molar-refractivity contribution in [2.24, 2.45) is 0 Å². The van der Waals surface area contributed by atoms with Crippen LogP contribution in [0, 0.1) is 5.82 Å². The first-order valence-corrected chi connectivity index (χ1v) is 8.76. The topological polar surface area (TPSA) is 9.23 Å². The van der Waals surface area contributed by atoms with Gasteiger partial charge in [-0.15, -0.1) is 0 Å². The summed E-state index contributed by atoms with van der Waals surface area (Å²) in [5.74, 6) is 0.0442. The lowest BCUT2D eigenvalue weighted by molar-refractivity contribution is 0.301. The van der Waals surface area contributed by atoms with E-state index in [0.717, 1.165) is 24.0 Å². The fraction of sp³-hybridized carbons (Fsp3) is 0.429. The van der Waals surface area contributed by atoms with Gasteiger partial charge in [-0.05, 0) is 48.1 Å². The van der Waals surface area contributed by atoms with Gasteiger partial charge < -0.3 is 4.74 Å². The molecule has 0 amide bonds. The molecule has 2 aromatic carbocycles. The zero-order valence-electron chi connectivity index (χ0n) is 14.3. The van der Waals surface area contributed by atoms with Crippen molar-refractivity contribution in [1.82, 2.24) is 0 Å². The van der Waals surface area contributed by atoms with Gasteiger partial charge in [-0.2, -0.15) is 0 Å². The second-order valence-electron chi connectivity index (χ2n) is 6.00. The second-order valence-corrected chi connectivity index (χ2v) is 6.00. The van der Waals surface area contributed by atoms with Crippen LogP contribution in [0.3, 0.4) is 0 Å². The molecule has 124 valence electrons. The zero-order chi connectivity index (χ0) is 16.5. The SMILES string of the molecule is CCCCCCc1ccc(-c2ccc(OCCC)c(F)c2)cc1. The van der Waals surface area contributed by atoms with E-state index in [-0.39, 0.29) is 5.82 Å². The molecule has 0 radical (unpaired) electrons. The van der Waals surface area contributed by atoms with E-state index in [2.05, 4.69) is 31.2 Å². The molecule has 0 aliphatic rings. The van der Waals surface area contributed by atoms with Gasteiger partial charge in [0.1, 0.15) is 0 Å². The molecule has 0 spiro atoms. The van der Waals surface area contributed by atoms with Crippen molar-refractivity contribution in [3.8, 4) is 16.9 Å². The van der Waals surface area contributed by atoms with E-state index in [1.165, 1.54) is 31.2 Å². The molecule has 2 heteroatoms. The predicted octanol–water partition coefficient (Wildman–Crippen LogP) is 6.40. The van der Waals surface area contributed by atoms with Gasteiger partial charge in [0, 0.05) is 0 Å². The number of unbranched alkanes of at least 4 members (excludes halogenated alkanes) is 3. The summed E-state index contributed by atoms with van der Waals surface area (Å²) in [6, 6.07) is 13.7. The average Bonchev–Trinajstić information content (AvgIpc) is 2.58. The van der Waals surface area contributed by atoms with Crippen LogP contribution in [-0.2, 0) is 6.42 Å². The van der Waals surface area contributed by atoms with Gasteiger partial charge in [0.15, 0.2) is 11.6 Å². The molecule has 0 bridgehead atoms. The molecule has 0 atom stereocenters. The third-order valence-electron chi connectivity index (χ3n) is 4.00. The highest BCUT2D eigenvalue weighted by Crippen LogP contribution is 2.26. The first kappa shape index (κ1) is 17.5. The molecule has 2 aromatic rings. The van der Waals surface area contributed by atoms with E-state index in [9.17, 15) is 4.39 Å². The van der Waals surface area contributed by atoms with E-state index >= 15 is 0 Å². The molecule has 1 nitrogen and oxygen atoms in total. The molecule has 0 aliphatic carbocycles. The normalized spacial score (nSPS) is 10.7. The number of ether oxygens (including phenoxy) is 1. The summed E-state index contributed by atoms with van der Waals surface area (Å²) in [6.07, 6.45) is 7.11. The minimum absolute atomic E-state index is 0.292. The Labute approximate surface area is 139 Å². The number of benzene rings is 2. The number of aryl methyl sites for hydroxylation is 1. The number of rotatable bonds is 9. The lowest BCUT2D eigenvalue weighted by atomic mass is 10.0. The molecular weight excluding hydrogens is 287 g/mol. The molecule has 2 rings (SSSR count). The van der Waals surface area contributed by atoms with Crippen LogP contribution in [0.5, 0.6) is 5.75 Å². The van der Waals surface area contributed by atoms with Crippen molar-refractivity contribution in [3.63, 3.8) is 0 Å². The molecule has 0 fully saturated rings. The van der Waals surface area contributed by atoms with Crippen LogP contribution in [0.2, 0.25) is 0 Å². The molecule has 0 saturated carbocycles. The van der Waals surface area contributed by atoms with Gasteiger partial charge in [-0.3, -0.25) is 0 Å². The second kappa shape index (κ2) is 9.34. The molecule has 0 aliphatic heterocycles. The van der Waals surface area contributed by atoms with Crippen LogP contribution in [0.25, 0.3) is 11.1 Å². The van der Waals surface area contributed by atoms with Crippen molar-refractivity contribution >= 4 is 0 Å². The Hall–Kier alpha value is -1.83. The third kappa shape index (κ3) is 5.38. The molecule has 23 heavy (non-hydrogen) atoms. The van der Waals surface area contributed by atoms with Crippen LogP contribution < -0.4 is 4.74 Å². The Morgan fingerprint density at radius 3 is 2.22 bits per heavy atom. The fourth-order valence-corrected chi connectivity index (χ4v) is 2.63. The van der Waals surface area contributed by atoms with Crippen molar-refractivity contribution in [2.75, 3.05) is 6.61 Å². The Morgan fingerprint density at radius 2 is 1.57 bits per heavy atom. The lowest BCUT2D eigenvalue weighted by Crippen LogP contribution is -1.97. The van der Waals surface area contributed by atoms with E-state index in [0.29, 0.717) is 12.4 Å². The summed E-state index contributed by atoms with van der Waals surface area (Å²) in [5.41, 5.74) is 3.29. The van der Waals surface area contributed by atoms with Crippen LogP contribution in [0.4, 0.5) is 4.39 Å². The van der Waals surface area contributed by atoms with Gasteiger partial charge in [0.2, 0.25) is 0 Å². The van der Waals surface area contributed by atoms with Gasteiger partial charge in [0.05, 0.1) is 6.61 Å². The Bertz CT molecular complexity index is 589. The van der Waals surface area contributed by atoms with Crippen LogP contribution >= 0.6 is 0 Å². The monoisotopic (exact) mass is 314 g/mol. The largest absolute Gasteiger partial charge is 0.491 e. The summed E-state index contributed by atoms with van der Waals surface area (Å²) < 4.78 is 19.4. The number of hydrogen-bond donors (Lipinski definition) is 0.